The van der Waals surface area contributed by atoms with Crippen molar-refractivity contribution in [3.8, 4) is 5.75 Å². The number of imide groups is 1. The third kappa shape index (κ3) is 5.43. The third-order valence-corrected chi connectivity index (χ3v) is 7.17. The van der Waals surface area contributed by atoms with Crippen molar-refractivity contribution in [3.05, 3.63) is 89.7 Å². The minimum absolute atomic E-state index is 0.0490. The molecule has 3 aromatic carbocycles. The number of rotatable bonds is 8. The highest BCUT2D eigenvalue weighted by Gasteiger charge is 2.43. The van der Waals surface area contributed by atoms with Gasteiger partial charge >= 0.3 is 5.97 Å². The quantitative estimate of drug-likeness (QED) is 0.242. The zero-order valence-electron chi connectivity index (χ0n) is 21.9. The van der Waals surface area contributed by atoms with E-state index in [9.17, 15) is 23.6 Å². The zero-order chi connectivity index (χ0) is 28.2. The number of halogens is 1. The van der Waals surface area contributed by atoms with Gasteiger partial charge in [0, 0.05) is 26.2 Å². The molecule has 2 heterocycles. The lowest BCUT2D eigenvalue weighted by atomic mass is 10.1. The summed E-state index contributed by atoms with van der Waals surface area (Å²) in [5, 5.41) is 0. The minimum atomic E-state index is -0.709. The van der Waals surface area contributed by atoms with E-state index in [1.807, 2.05) is 9.80 Å². The van der Waals surface area contributed by atoms with Gasteiger partial charge in [-0.2, -0.15) is 0 Å². The second-order valence-corrected chi connectivity index (χ2v) is 9.51. The second kappa shape index (κ2) is 11.7. The molecule has 2 saturated heterocycles. The van der Waals surface area contributed by atoms with Gasteiger partial charge in [0.15, 0.2) is 6.61 Å². The molecule has 0 aromatic heterocycles. The summed E-state index contributed by atoms with van der Waals surface area (Å²) < 4.78 is 24.5. The Labute approximate surface area is 230 Å². The molecule has 9 nitrogen and oxygen atoms in total. The van der Waals surface area contributed by atoms with Crippen LogP contribution in [-0.4, -0.2) is 74.4 Å². The van der Waals surface area contributed by atoms with Crippen molar-refractivity contribution in [1.29, 1.82) is 0 Å². The number of piperazine rings is 1. The molecule has 0 N–H and O–H groups in total. The third-order valence-electron chi connectivity index (χ3n) is 7.17. The minimum Gasteiger partial charge on any atom is -0.496 e. The Morgan fingerprint density at radius 3 is 2.27 bits per heavy atom. The van der Waals surface area contributed by atoms with E-state index in [2.05, 4.69) is 0 Å². The molecule has 2 fully saturated rings. The van der Waals surface area contributed by atoms with Gasteiger partial charge in [-0.15, -0.1) is 0 Å². The number of benzene rings is 3. The Hall–Kier alpha value is -4.57. The van der Waals surface area contributed by atoms with Gasteiger partial charge in [0.25, 0.3) is 5.91 Å². The van der Waals surface area contributed by atoms with Gasteiger partial charge in [0.05, 0.1) is 42.1 Å². The van der Waals surface area contributed by atoms with Crippen molar-refractivity contribution in [2.45, 2.75) is 12.5 Å². The fourth-order valence-electron chi connectivity index (χ4n) is 5.07. The number of ether oxygens (including phenoxy) is 2. The Balaban J connectivity index is 1.18. The molecule has 0 saturated carbocycles. The molecule has 10 heteroatoms. The number of hydrogen-bond acceptors (Lipinski definition) is 8. The highest BCUT2D eigenvalue weighted by Crippen LogP contribution is 2.28. The molecule has 0 radical (unpaired) electrons. The lowest BCUT2D eigenvalue weighted by Crippen LogP contribution is -2.52. The number of para-hydroxylation sites is 2. The van der Waals surface area contributed by atoms with Gasteiger partial charge in [0.2, 0.25) is 11.7 Å². The molecular weight excluding hydrogens is 517 g/mol. The summed E-state index contributed by atoms with van der Waals surface area (Å²) >= 11 is 0. The first-order valence-corrected chi connectivity index (χ1v) is 12.9. The molecule has 2 amide bonds. The van der Waals surface area contributed by atoms with Crippen LogP contribution in [0.2, 0.25) is 0 Å². The first kappa shape index (κ1) is 27.0. The number of methoxy groups -OCH3 is 1. The average molecular weight is 546 g/mol. The van der Waals surface area contributed by atoms with E-state index in [1.165, 1.54) is 37.4 Å². The van der Waals surface area contributed by atoms with Gasteiger partial charge in [-0.05, 0) is 48.5 Å². The molecule has 1 atom stereocenters. The number of esters is 1. The summed E-state index contributed by atoms with van der Waals surface area (Å²) in [6.07, 6.45) is 0.0490. The van der Waals surface area contributed by atoms with Crippen LogP contribution in [0, 0.1) is 5.82 Å². The molecule has 206 valence electrons. The van der Waals surface area contributed by atoms with Gasteiger partial charge in [-0.25, -0.2) is 14.1 Å². The Bertz CT molecular complexity index is 1440. The lowest BCUT2D eigenvalue weighted by Gasteiger charge is -2.38. The molecular formula is C30H28FN3O6. The number of amides is 2. The predicted molar refractivity (Wildman–Crippen MR) is 145 cm³/mol. The summed E-state index contributed by atoms with van der Waals surface area (Å²) in [6.45, 7) is 1.65. The van der Waals surface area contributed by atoms with Crippen LogP contribution in [0.4, 0.5) is 15.8 Å². The topological polar surface area (TPSA) is 96.5 Å². The predicted octanol–water partition coefficient (Wildman–Crippen LogP) is 3.33. The zero-order valence-corrected chi connectivity index (χ0v) is 21.9. The molecule has 0 spiro atoms. The molecule has 1 unspecified atom stereocenters. The van der Waals surface area contributed by atoms with E-state index in [4.69, 9.17) is 9.47 Å². The SMILES string of the molecule is COc1ccccc1C(=O)COC(=O)c1ccc(N2C(=O)CC(N3CCN(c4ccccc4F)CC3)C2=O)cc1. The van der Waals surface area contributed by atoms with Crippen molar-refractivity contribution in [3.63, 3.8) is 0 Å². The number of anilines is 2. The van der Waals surface area contributed by atoms with Crippen molar-refractivity contribution >= 4 is 34.9 Å². The van der Waals surface area contributed by atoms with Crippen molar-refractivity contribution in [2.75, 3.05) is 49.7 Å². The lowest BCUT2D eigenvalue weighted by molar-refractivity contribution is -0.123. The normalized spacial score (nSPS) is 17.7. The summed E-state index contributed by atoms with van der Waals surface area (Å²) in [7, 11) is 1.45. The smallest absolute Gasteiger partial charge is 0.338 e. The van der Waals surface area contributed by atoms with E-state index in [0.29, 0.717) is 48.9 Å². The van der Waals surface area contributed by atoms with Crippen LogP contribution in [0.15, 0.2) is 72.8 Å². The van der Waals surface area contributed by atoms with Crippen LogP contribution in [0.5, 0.6) is 5.75 Å². The van der Waals surface area contributed by atoms with E-state index in [0.717, 1.165) is 4.90 Å². The highest BCUT2D eigenvalue weighted by molar-refractivity contribution is 6.22. The van der Waals surface area contributed by atoms with Crippen molar-refractivity contribution < 1.29 is 33.0 Å². The molecule has 40 heavy (non-hydrogen) atoms. The number of nitrogens with zero attached hydrogens (tertiary/aromatic N) is 3. The Morgan fingerprint density at radius 2 is 1.57 bits per heavy atom. The summed E-state index contributed by atoms with van der Waals surface area (Å²) in [4.78, 5) is 56.1. The standard InChI is InChI=1S/C30H28FN3O6/c1-39-27-9-5-2-6-22(27)26(35)19-40-30(38)20-10-12-21(13-11-20)34-28(36)18-25(29(34)37)33-16-14-32(15-17-33)24-8-4-3-7-23(24)31/h2-13,25H,14-19H2,1H3. The molecule has 3 aromatic rings. The monoisotopic (exact) mass is 545 g/mol. The van der Waals surface area contributed by atoms with Crippen LogP contribution in [-0.2, 0) is 14.3 Å². The fourth-order valence-corrected chi connectivity index (χ4v) is 5.07. The maximum absolute atomic E-state index is 14.2. The fraction of sp³-hybridized carbons (Fsp3) is 0.267. The van der Waals surface area contributed by atoms with E-state index >= 15 is 0 Å². The van der Waals surface area contributed by atoms with Crippen LogP contribution in [0.1, 0.15) is 27.1 Å². The largest absolute Gasteiger partial charge is 0.496 e. The van der Waals surface area contributed by atoms with E-state index in [-0.39, 0.29) is 29.6 Å². The Kier molecular flexibility index (Phi) is 7.88. The number of ketones is 1. The molecule has 0 bridgehead atoms. The van der Waals surface area contributed by atoms with Crippen LogP contribution in [0.3, 0.4) is 0 Å². The maximum atomic E-state index is 14.2. The van der Waals surface area contributed by atoms with Gasteiger partial charge in [-0.3, -0.25) is 19.3 Å². The van der Waals surface area contributed by atoms with Crippen molar-refractivity contribution in [2.24, 2.45) is 0 Å². The molecule has 2 aliphatic heterocycles. The molecule has 0 aliphatic carbocycles. The van der Waals surface area contributed by atoms with Gasteiger partial charge in [0.1, 0.15) is 11.6 Å². The Morgan fingerprint density at radius 1 is 0.900 bits per heavy atom. The first-order valence-electron chi connectivity index (χ1n) is 12.9. The van der Waals surface area contributed by atoms with E-state index < -0.39 is 24.4 Å². The summed E-state index contributed by atoms with van der Waals surface area (Å²) in [5.41, 5.74) is 1.36. The number of Topliss-reactive ketones (excluding diaryl/α,β-unsaturated/α-hetero) is 1. The van der Waals surface area contributed by atoms with Crippen LogP contribution < -0.4 is 14.5 Å². The first-order chi connectivity index (χ1) is 19.4. The summed E-state index contributed by atoms with van der Waals surface area (Å²) in [6, 6.07) is 18.6. The highest BCUT2D eigenvalue weighted by atomic mass is 19.1. The van der Waals surface area contributed by atoms with Crippen LogP contribution >= 0.6 is 0 Å². The van der Waals surface area contributed by atoms with Gasteiger partial charge < -0.3 is 14.4 Å². The van der Waals surface area contributed by atoms with Crippen molar-refractivity contribution in [1.82, 2.24) is 4.90 Å². The number of hydrogen-bond donors (Lipinski definition) is 0. The number of carbonyl (C=O) groups excluding carboxylic acids is 4. The van der Waals surface area contributed by atoms with Crippen LogP contribution in [0.25, 0.3) is 0 Å². The maximum Gasteiger partial charge on any atom is 0.338 e. The average Bonchev–Trinajstić information content (AvgIpc) is 3.29. The molecule has 5 rings (SSSR count). The second-order valence-electron chi connectivity index (χ2n) is 9.51. The number of carbonyl (C=O) groups is 4. The van der Waals surface area contributed by atoms with Gasteiger partial charge in [-0.1, -0.05) is 24.3 Å². The van der Waals surface area contributed by atoms with E-state index in [1.54, 1.807) is 42.5 Å². The summed E-state index contributed by atoms with van der Waals surface area (Å²) in [5.74, 6) is -1.68. The molecule has 2 aliphatic rings.